The summed E-state index contributed by atoms with van der Waals surface area (Å²) in [7, 11) is 0. The molecule has 0 saturated heterocycles. The van der Waals surface area contributed by atoms with E-state index in [1.165, 1.54) is 5.57 Å². The fourth-order valence-corrected chi connectivity index (χ4v) is 1.81. The van der Waals surface area contributed by atoms with Crippen molar-refractivity contribution < 1.29 is 9.90 Å². The number of hydrogen-bond acceptors (Lipinski definition) is 4. The van der Waals surface area contributed by atoms with Gasteiger partial charge in [-0.1, -0.05) is 12.2 Å². The average molecular weight is 243 g/mol. The molecule has 92 valence electrons. The lowest BCUT2D eigenvalue weighted by atomic mass is 9.96. The van der Waals surface area contributed by atoms with E-state index in [0.717, 1.165) is 36.9 Å². The Labute approximate surface area is 105 Å². The van der Waals surface area contributed by atoms with Crippen molar-refractivity contribution in [1.82, 2.24) is 0 Å². The van der Waals surface area contributed by atoms with Crippen LogP contribution in [-0.2, 0) is 4.79 Å². The Hall–Kier alpha value is -2.30. The third-order valence-electron chi connectivity index (χ3n) is 2.52. The topological polar surface area (TPSA) is 74.4 Å². The third kappa shape index (κ3) is 2.68. The molecule has 0 aromatic rings. The predicted octanol–water partition coefficient (Wildman–Crippen LogP) is 2.13. The lowest BCUT2D eigenvalue weighted by Crippen LogP contribution is -2.08. The second kappa shape index (κ2) is 5.35. The molecule has 0 spiro atoms. The van der Waals surface area contributed by atoms with E-state index in [2.05, 4.69) is 27.1 Å². The Kier molecular flexibility index (Phi) is 3.62. The highest BCUT2D eigenvalue weighted by Crippen LogP contribution is 2.29. The van der Waals surface area contributed by atoms with Gasteiger partial charge in [0.1, 0.15) is 12.1 Å². The van der Waals surface area contributed by atoms with Gasteiger partial charge in [0.25, 0.3) is 5.97 Å². The predicted molar refractivity (Wildman–Crippen MR) is 71.2 cm³/mol. The van der Waals surface area contributed by atoms with Crippen LogP contribution in [0.4, 0.5) is 0 Å². The maximum absolute atomic E-state index is 9.00. The summed E-state index contributed by atoms with van der Waals surface area (Å²) in [4.78, 5) is 21.8. The van der Waals surface area contributed by atoms with E-state index in [4.69, 9.17) is 9.90 Å². The molecule has 0 aromatic carbocycles. The van der Waals surface area contributed by atoms with Gasteiger partial charge in [-0.3, -0.25) is 9.79 Å². The van der Waals surface area contributed by atoms with Gasteiger partial charge in [0.2, 0.25) is 0 Å². The van der Waals surface area contributed by atoms with Crippen LogP contribution >= 0.6 is 0 Å². The lowest BCUT2D eigenvalue weighted by Gasteiger charge is -2.13. The van der Waals surface area contributed by atoms with Gasteiger partial charge in [-0.05, 0) is 24.5 Å². The molecule has 0 saturated carbocycles. The molecule has 18 heavy (non-hydrogen) atoms. The van der Waals surface area contributed by atoms with Gasteiger partial charge in [-0.15, -0.1) is 0 Å². The largest absolute Gasteiger partial charge is 0.481 e. The summed E-state index contributed by atoms with van der Waals surface area (Å²) in [5.41, 5.74) is 4.27. The molecule has 0 atom stereocenters. The number of carbonyl (C=O) groups is 1. The molecule has 3 aliphatic rings. The Balaban J connectivity index is 0.000000267. The summed E-state index contributed by atoms with van der Waals surface area (Å²) in [5.74, 6) is -0.833. The number of fused-ring (bicyclic) bond motifs is 2. The van der Waals surface area contributed by atoms with Gasteiger partial charge < -0.3 is 5.11 Å². The van der Waals surface area contributed by atoms with E-state index in [9.17, 15) is 0 Å². The molecule has 3 rings (SSSR count). The SMILES string of the molecule is C1=CCC2=C(N=C1)C1=NC=NC1=CC2.CC(=O)O. The highest BCUT2D eigenvalue weighted by atomic mass is 16.4. The van der Waals surface area contributed by atoms with Gasteiger partial charge in [0, 0.05) is 13.1 Å². The van der Waals surface area contributed by atoms with Crippen molar-refractivity contribution in [2.24, 2.45) is 15.0 Å². The number of carboxylic acids is 1. The first-order valence-electron chi connectivity index (χ1n) is 5.60. The van der Waals surface area contributed by atoms with Gasteiger partial charge in [0.05, 0.1) is 11.4 Å². The van der Waals surface area contributed by atoms with Crippen LogP contribution in [0.25, 0.3) is 0 Å². The second-order valence-electron chi connectivity index (χ2n) is 3.90. The minimum absolute atomic E-state index is 0.833. The minimum Gasteiger partial charge on any atom is -0.481 e. The van der Waals surface area contributed by atoms with E-state index in [-0.39, 0.29) is 0 Å². The number of hydrogen-bond donors (Lipinski definition) is 1. The average Bonchev–Trinajstić information content (AvgIpc) is 2.66. The molecule has 0 unspecified atom stereocenters. The molecule has 2 aliphatic heterocycles. The highest BCUT2D eigenvalue weighted by Gasteiger charge is 2.22. The van der Waals surface area contributed by atoms with Crippen molar-refractivity contribution in [2.45, 2.75) is 19.8 Å². The number of nitrogens with zero attached hydrogens (tertiary/aromatic N) is 3. The zero-order valence-corrected chi connectivity index (χ0v) is 10.00. The summed E-state index contributed by atoms with van der Waals surface area (Å²) >= 11 is 0. The molecule has 5 nitrogen and oxygen atoms in total. The molecule has 2 heterocycles. The Morgan fingerprint density at radius 2 is 2.11 bits per heavy atom. The zero-order chi connectivity index (χ0) is 13.0. The smallest absolute Gasteiger partial charge is 0.300 e. The number of rotatable bonds is 0. The first-order chi connectivity index (χ1) is 8.68. The number of allylic oxidation sites excluding steroid dienone is 4. The van der Waals surface area contributed by atoms with Crippen LogP contribution in [0.15, 0.2) is 50.2 Å². The van der Waals surface area contributed by atoms with Crippen LogP contribution in [0.2, 0.25) is 0 Å². The van der Waals surface area contributed by atoms with Gasteiger partial charge in [0.15, 0.2) is 0 Å². The number of aliphatic imine (C=N–C) groups is 3. The summed E-state index contributed by atoms with van der Waals surface area (Å²) in [6.07, 6.45) is 11.6. The second-order valence-corrected chi connectivity index (χ2v) is 3.90. The molecule has 0 radical (unpaired) electrons. The maximum atomic E-state index is 9.00. The van der Waals surface area contributed by atoms with Crippen LogP contribution in [0, 0.1) is 0 Å². The summed E-state index contributed by atoms with van der Waals surface area (Å²) in [6, 6.07) is 0. The maximum Gasteiger partial charge on any atom is 0.300 e. The van der Waals surface area contributed by atoms with Gasteiger partial charge in [-0.25, -0.2) is 9.98 Å². The molecule has 0 bridgehead atoms. The lowest BCUT2D eigenvalue weighted by molar-refractivity contribution is -0.134. The van der Waals surface area contributed by atoms with Crippen molar-refractivity contribution in [3.05, 3.63) is 35.2 Å². The Morgan fingerprint density at radius 3 is 2.89 bits per heavy atom. The van der Waals surface area contributed by atoms with Crippen molar-refractivity contribution in [3.63, 3.8) is 0 Å². The Morgan fingerprint density at radius 1 is 1.33 bits per heavy atom. The van der Waals surface area contributed by atoms with Crippen LogP contribution in [0.5, 0.6) is 0 Å². The molecule has 1 aliphatic carbocycles. The summed E-state index contributed by atoms with van der Waals surface area (Å²) in [6.45, 7) is 1.08. The van der Waals surface area contributed by atoms with Crippen molar-refractivity contribution in [3.8, 4) is 0 Å². The first-order valence-corrected chi connectivity index (χ1v) is 5.60. The van der Waals surface area contributed by atoms with E-state index in [1.807, 2.05) is 12.3 Å². The molecular weight excluding hydrogens is 230 g/mol. The standard InChI is InChI=1S/C11H9N3.C2H4O2/c1-2-6-12-10-8(3-1)4-5-9-11(10)14-7-13-9;1-2(3)4/h1-2,5-7H,3-4H2;1H3,(H,3,4). The van der Waals surface area contributed by atoms with Crippen molar-refractivity contribution in [1.29, 1.82) is 0 Å². The minimum atomic E-state index is -0.833. The molecular formula is C13H13N3O2. The number of carboxylic acid groups (broad SMARTS) is 1. The molecule has 0 amide bonds. The van der Waals surface area contributed by atoms with Crippen molar-refractivity contribution >= 4 is 24.2 Å². The zero-order valence-electron chi connectivity index (χ0n) is 10.00. The normalized spacial score (nSPS) is 19.2. The van der Waals surface area contributed by atoms with Gasteiger partial charge in [-0.2, -0.15) is 0 Å². The highest BCUT2D eigenvalue weighted by molar-refractivity contribution is 6.19. The quantitative estimate of drug-likeness (QED) is 0.707. The van der Waals surface area contributed by atoms with Crippen LogP contribution < -0.4 is 0 Å². The van der Waals surface area contributed by atoms with Crippen LogP contribution in [0.3, 0.4) is 0 Å². The molecule has 0 fully saturated rings. The first kappa shape index (κ1) is 12.2. The molecule has 1 N–H and O–H groups in total. The fraction of sp³-hybridized carbons (Fsp3) is 0.231. The van der Waals surface area contributed by atoms with E-state index in [1.54, 1.807) is 6.34 Å². The monoisotopic (exact) mass is 243 g/mol. The van der Waals surface area contributed by atoms with E-state index in [0.29, 0.717) is 0 Å². The van der Waals surface area contributed by atoms with Crippen LogP contribution in [-0.4, -0.2) is 29.3 Å². The number of aliphatic carboxylic acids is 1. The van der Waals surface area contributed by atoms with Crippen LogP contribution in [0.1, 0.15) is 19.8 Å². The van der Waals surface area contributed by atoms with E-state index < -0.39 is 5.97 Å². The Bertz CT molecular complexity index is 545. The third-order valence-corrected chi connectivity index (χ3v) is 2.52. The van der Waals surface area contributed by atoms with E-state index >= 15 is 0 Å². The fourth-order valence-electron chi connectivity index (χ4n) is 1.81. The molecule has 0 aromatic heterocycles. The summed E-state index contributed by atoms with van der Waals surface area (Å²) < 4.78 is 0. The molecule has 5 heteroatoms. The summed E-state index contributed by atoms with van der Waals surface area (Å²) in [5, 5.41) is 7.42. The van der Waals surface area contributed by atoms with Crippen molar-refractivity contribution in [2.75, 3.05) is 0 Å². The van der Waals surface area contributed by atoms with Gasteiger partial charge >= 0.3 is 0 Å².